The van der Waals surface area contributed by atoms with Crippen LogP contribution in [0, 0.1) is 11.8 Å². The second-order valence-corrected chi connectivity index (χ2v) is 3.39. The number of carbonyl (C=O) groups is 1. The van der Waals surface area contributed by atoms with Gasteiger partial charge in [0.05, 0.1) is 0 Å². The maximum absolute atomic E-state index is 10.8. The second kappa shape index (κ2) is 3.18. The van der Waals surface area contributed by atoms with E-state index in [9.17, 15) is 4.79 Å². The molecule has 1 saturated carbocycles. The Kier molecular flexibility index (Phi) is 2.47. The summed E-state index contributed by atoms with van der Waals surface area (Å²) in [6.07, 6.45) is 3.83. The summed E-state index contributed by atoms with van der Waals surface area (Å²) in [4.78, 5) is 10.8. The van der Waals surface area contributed by atoms with Gasteiger partial charge in [-0.2, -0.15) is 0 Å². The van der Waals surface area contributed by atoms with Crippen molar-refractivity contribution in [1.29, 1.82) is 0 Å². The summed E-state index contributed by atoms with van der Waals surface area (Å²) in [7, 11) is 0. The average Bonchev–Trinajstić information content (AvgIpc) is 1.88. The Balaban J connectivity index is 2.33. The third-order valence-electron chi connectivity index (χ3n) is 2.36. The predicted molar refractivity (Wildman–Crippen MR) is 41.6 cm³/mol. The molecule has 0 N–H and O–H groups in total. The van der Waals surface area contributed by atoms with Crippen LogP contribution in [0.2, 0.25) is 0 Å². The lowest BCUT2D eigenvalue weighted by Gasteiger charge is -2.23. The molecule has 0 aliphatic heterocycles. The van der Waals surface area contributed by atoms with Crippen LogP contribution in [0.3, 0.4) is 0 Å². The normalized spacial score (nSPS) is 22.1. The zero-order valence-corrected chi connectivity index (χ0v) is 6.81. The molecule has 1 nitrogen and oxygen atoms in total. The topological polar surface area (TPSA) is 17.1 Å². The molecule has 0 aromatic carbocycles. The summed E-state index contributed by atoms with van der Waals surface area (Å²) in [6, 6.07) is 0. The second-order valence-electron chi connectivity index (χ2n) is 3.39. The van der Waals surface area contributed by atoms with Crippen LogP contribution in [0.25, 0.3) is 0 Å². The Labute approximate surface area is 62.8 Å². The van der Waals surface area contributed by atoms with E-state index in [1.165, 1.54) is 5.92 Å². The number of Topliss-reactive ketones (excluding diaryl/α,β-unsaturated/α-hetero) is 1. The van der Waals surface area contributed by atoms with E-state index in [1.54, 1.807) is 0 Å². The van der Waals surface area contributed by atoms with Crippen molar-refractivity contribution in [3.8, 4) is 0 Å². The molecular formula is C9H15O. The molecular weight excluding hydrogens is 124 g/mol. The highest BCUT2D eigenvalue weighted by atomic mass is 16.1. The molecule has 1 radical (unpaired) electrons. The summed E-state index contributed by atoms with van der Waals surface area (Å²) in [5.41, 5.74) is 0. The van der Waals surface area contributed by atoms with Crippen LogP contribution in [-0.4, -0.2) is 5.78 Å². The van der Waals surface area contributed by atoms with Gasteiger partial charge in [-0.05, 0) is 24.7 Å². The summed E-state index contributed by atoms with van der Waals surface area (Å²) in [6.45, 7) is 4.33. The van der Waals surface area contributed by atoms with Gasteiger partial charge in [0.25, 0.3) is 0 Å². The van der Waals surface area contributed by atoms with Crippen LogP contribution < -0.4 is 0 Å². The van der Waals surface area contributed by atoms with Gasteiger partial charge in [-0.15, -0.1) is 0 Å². The highest BCUT2D eigenvalue weighted by Gasteiger charge is 2.20. The molecule has 0 spiro atoms. The Morgan fingerprint density at radius 3 is 2.20 bits per heavy atom. The van der Waals surface area contributed by atoms with E-state index in [-0.39, 0.29) is 0 Å². The lowest BCUT2D eigenvalue weighted by Crippen LogP contribution is -2.16. The molecule has 0 unspecified atom stereocenters. The Morgan fingerprint density at radius 1 is 1.30 bits per heavy atom. The van der Waals surface area contributed by atoms with Gasteiger partial charge in [-0.25, -0.2) is 0 Å². The van der Waals surface area contributed by atoms with Gasteiger partial charge in [0, 0.05) is 12.8 Å². The Hall–Kier alpha value is -0.330. The van der Waals surface area contributed by atoms with Crippen LogP contribution in [0.1, 0.15) is 39.5 Å². The Bertz CT molecular complexity index is 117. The van der Waals surface area contributed by atoms with Crippen LogP contribution in [0.4, 0.5) is 0 Å². The molecule has 0 saturated heterocycles. The molecule has 0 aromatic heterocycles. The first kappa shape index (κ1) is 7.77. The van der Waals surface area contributed by atoms with Crippen molar-refractivity contribution in [3.63, 3.8) is 0 Å². The molecule has 0 atom stereocenters. The van der Waals surface area contributed by atoms with Gasteiger partial charge in [-0.1, -0.05) is 13.8 Å². The molecule has 0 amide bonds. The van der Waals surface area contributed by atoms with Crippen LogP contribution in [0.5, 0.6) is 0 Å². The van der Waals surface area contributed by atoms with E-state index in [0.29, 0.717) is 5.78 Å². The molecule has 1 fully saturated rings. The van der Waals surface area contributed by atoms with Crippen molar-refractivity contribution in [2.24, 2.45) is 5.92 Å². The van der Waals surface area contributed by atoms with Crippen LogP contribution in [0.15, 0.2) is 0 Å². The first-order valence-corrected chi connectivity index (χ1v) is 4.02. The van der Waals surface area contributed by atoms with Crippen LogP contribution >= 0.6 is 0 Å². The van der Waals surface area contributed by atoms with Crippen LogP contribution in [-0.2, 0) is 4.79 Å². The summed E-state index contributed by atoms with van der Waals surface area (Å²) in [5, 5.41) is 0. The number of rotatable bonds is 1. The molecule has 0 heterocycles. The largest absolute Gasteiger partial charge is 0.300 e. The first-order valence-electron chi connectivity index (χ1n) is 4.02. The molecule has 1 rings (SSSR count). The smallest absolute Gasteiger partial charge is 0.132 e. The zero-order valence-electron chi connectivity index (χ0n) is 6.81. The van der Waals surface area contributed by atoms with Crippen molar-refractivity contribution >= 4 is 5.78 Å². The van der Waals surface area contributed by atoms with E-state index in [0.717, 1.165) is 31.6 Å². The minimum atomic E-state index is 0.456. The fourth-order valence-corrected chi connectivity index (χ4v) is 1.52. The van der Waals surface area contributed by atoms with Crippen molar-refractivity contribution in [2.45, 2.75) is 39.5 Å². The highest BCUT2D eigenvalue weighted by molar-refractivity contribution is 5.79. The van der Waals surface area contributed by atoms with E-state index in [2.05, 4.69) is 13.8 Å². The maximum Gasteiger partial charge on any atom is 0.132 e. The summed E-state index contributed by atoms with van der Waals surface area (Å²) >= 11 is 0. The maximum atomic E-state index is 10.8. The molecule has 10 heavy (non-hydrogen) atoms. The molecule has 1 aliphatic rings. The van der Waals surface area contributed by atoms with Gasteiger partial charge >= 0.3 is 0 Å². The number of carbonyl (C=O) groups excluding carboxylic acids is 1. The van der Waals surface area contributed by atoms with Crippen molar-refractivity contribution < 1.29 is 4.79 Å². The van der Waals surface area contributed by atoms with Gasteiger partial charge < -0.3 is 0 Å². The fraction of sp³-hybridized carbons (Fsp3) is 0.778. The molecule has 1 aliphatic carbocycles. The van der Waals surface area contributed by atoms with Gasteiger partial charge in [-0.3, -0.25) is 4.79 Å². The van der Waals surface area contributed by atoms with Crippen molar-refractivity contribution in [1.82, 2.24) is 0 Å². The number of hydrogen-bond donors (Lipinski definition) is 0. The van der Waals surface area contributed by atoms with Gasteiger partial charge in [0.1, 0.15) is 5.78 Å². The average molecular weight is 139 g/mol. The number of hydrogen-bond acceptors (Lipinski definition) is 1. The quantitative estimate of drug-likeness (QED) is 0.545. The molecule has 57 valence electrons. The van der Waals surface area contributed by atoms with Gasteiger partial charge in [0.2, 0.25) is 0 Å². The number of ketones is 1. The summed E-state index contributed by atoms with van der Waals surface area (Å²) in [5.74, 6) is 2.68. The van der Waals surface area contributed by atoms with Gasteiger partial charge in [0.15, 0.2) is 0 Å². The highest BCUT2D eigenvalue weighted by Crippen LogP contribution is 2.28. The van der Waals surface area contributed by atoms with E-state index < -0.39 is 0 Å². The first-order chi connectivity index (χ1) is 4.70. The minimum absolute atomic E-state index is 0.456. The predicted octanol–water partition coefficient (Wildman–Crippen LogP) is 2.36. The molecule has 1 heteroatoms. The third-order valence-corrected chi connectivity index (χ3v) is 2.36. The van der Waals surface area contributed by atoms with Crippen molar-refractivity contribution in [3.05, 3.63) is 5.92 Å². The minimum Gasteiger partial charge on any atom is -0.300 e. The third kappa shape index (κ3) is 1.83. The fourth-order valence-electron chi connectivity index (χ4n) is 1.52. The molecule has 0 bridgehead atoms. The van der Waals surface area contributed by atoms with E-state index in [1.807, 2.05) is 0 Å². The lowest BCUT2D eigenvalue weighted by molar-refractivity contribution is -0.120. The standard InChI is InChI=1S/C9H15O/c1-7(2)8-3-5-9(10)6-4-8/h8H,3-6H2,1-2H3. The van der Waals surface area contributed by atoms with Crippen molar-refractivity contribution in [2.75, 3.05) is 0 Å². The summed E-state index contributed by atoms with van der Waals surface area (Å²) < 4.78 is 0. The van der Waals surface area contributed by atoms with E-state index in [4.69, 9.17) is 0 Å². The van der Waals surface area contributed by atoms with E-state index >= 15 is 0 Å². The Morgan fingerprint density at radius 2 is 1.80 bits per heavy atom. The zero-order chi connectivity index (χ0) is 7.56. The molecule has 0 aromatic rings. The SMILES string of the molecule is C[C](C)C1CCC(=O)CC1. The monoisotopic (exact) mass is 139 g/mol. The lowest BCUT2D eigenvalue weighted by atomic mass is 9.81.